The number of hydrogen-bond acceptors (Lipinski definition) is 11. The highest BCUT2D eigenvalue weighted by molar-refractivity contribution is 6.33. The number of carbonyl (C=O) groups excluding carboxylic acids is 5. The van der Waals surface area contributed by atoms with Crippen LogP contribution in [0.2, 0.25) is 0 Å². The summed E-state index contributed by atoms with van der Waals surface area (Å²) in [6.45, 7) is 1.61. The van der Waals surface area contributed by atoms with Gasteiger partial charge in [-0.2, -0.15) is 5.26 Å². The summed E-state index contributed by atoms with van der Waals surface area (Å²) in [5, 5.41) is 30.8. The number of Topliss-reactive ketones (excluding diaryl/α,β-unsaturated/α-hetero) is 4. The number of primary amides is 1. The number of aliphatic hydroxyl groups excluding tert-OH is 1. The highest BCUT2D eigenvalue weighted by Gasteiger charge is 2.78. The summed E-state index contributed by atoms with van der Waals surface area (Å²) >= 11 is 0. The van der Waals surface area contributed by atoms with E-state index in [-0.39, 0.29) is 12.0 Å². The summed E-state index contributed by atoms with van der Waals surface area (Å²) in [6.07, 6.45) is -0.543. The molecule has 1 aromatic carbocycles. The summed E-state index contributed by atoms with van der Waals surface area (Å²) < 4.78 is 0. The van der Waals surface area contributed by atoms with E-state index in [2.05, 4.69) is 0 Å². The second-order valence-electron chi connectivity index (χ2n) is 11.1. The number of likely N-dealkylation sites (N-methyl/N-ethyl adjacent to an activating group) is 1. The van der Waals surface area contributed by atoms with E-state index in [1.165, 1.54) is 25.1 Å². The third kappa shape index (κ3) is 3.39. The fourth-order valence-corrected chi connectivity index (χ4v) is 6.87. The molecule has 3 unspecified atom stereocenters. The molecular weight excluding hydrogens is 494 g/mol. The summed E-state index contributed by atoms with van der Waals surface area (Å²) in [5.74, 6) is -10.0. The largest absolute Gasteiger partial charge is 0.507 e. The van der Waals surface area contributed by atoms with Crippen LogP contribution in [0.15, 0.2) is 12.1 Å². The van der Waals surface area contributed by atoms with Gasteiger partial charge in [-0.3, -0.25) is 28.9 Å². The minimum atomic E-state index is -2.77. The molecule has 3 aliphatic rings. The van der Waals surface area contributed by atoms with Crippen LogP contribution in [0.5, 0.6) is 5.75 Å². The van der Waals surface area contributed by atoms with Crippen LogP contribution < -0.4 is 17.2 Å². The number of phenols is 1. The molecule has 0 heterocycles. The smallest absolute Gasteiger partial charge is 0.235 e. The van der Waals surface area contributed by atoms with Crippen molar-refractivity contribution in [2.75, 3.05) is 14.1 Å². The van der Waals surface area contributed by atoms with Gasteiger partial charge in [0, 0.05) is 5.54 Å². The van der Waals surface area contributed by atoms with Crippen molar-refractivity contribution in [3.8, 4) is 11.8 Å². The Morgan fingerprint density at radius 2 is 1.84 bits per heavy atom. The van der Waals surface area contributed by atoms with Crippen LogP contribution in [0.25, 0.3) is 0 Å². The molecule has 2 fully saturated rings. The number of nitrogens with two attached hydrogens (primary N) is 3. The number of hydrogen-bond donors (Lipinski definition) is 5. The minimum Gasteiger partial charge on any atom is -0.507 e. The molecule has 202 valence electrons. The number of aromatic hydroxyl groups is 1. The molecule has 1 aromatic rings. The molecule has 38 heavy (non-hydrogen) atoms. The molecule has 12 heteroatoms. The zero-order valence-corrected chi connectivity index (χ0v) is 21.4. The molecule has 0 saturated heterocycles. The van der Waals surface area contributed by atoms with Crippen LogP contribution in [-0.2, 0) is 32.0 Å². The van der Waals surface area contributed by atoms with Crippen LogP contribution in [-0.4, -0.2) is 81.5 Å². The first-order chi connectivity index (χ1) is 17.6. The minimum absolute atomic E-state index is 0.129. The second kappa shape index (κ2) is 8.78. The Morgan fingerprint density at radius 1 is 1.21 bits per heavy atom. The van der Waals surface area contributed by atoms with Gasteiger partial charge in [-0.25, -0.2) is 0 Å². The van der Waals surface area contributed by atoms with E-state index in [1.54, 1.807) is 19.1 Å². The first-order valence-corrected chi connectivity index (χ1v) is 12.2. The number of aryl methyl sites for hydroxylation is 1. The molecule has 0 radical (unpaired) electrons. The lowest BCUT2D eigenvalue weighted by atomic mass is 9.42. The Bertz CT molecular complexity index is 1330. The number of amides is 1. The van der Waals surface area contributed by atoms with Gasteiger partial charge in [-0.1, -0.05) is 6.07 Å². The number of nitriles is 1. The third-order valence-electron chi connectivity index (χ3n) is 8.40. The van der Waals surface area contributed by atoms with Gasteiger partial charge in [0.2, 0.25) is 5.91 Å². The molecule has 0 bridgehead atoms. The molecule has 8 N–H and O–H groups in total. The van der Waals surface area contributed by atoms with Crippen LogP contribution in [0.3, 0.4) is 0 Å². The standard InChI is InChI=1S/C26H31N5O7/c1-11(32)4-5-12-6-7-14(33)15-13(12)8-24(29)9-26(30)20(31(2)3)19(35)16(23(28)38)21(36)25(26,10-27)22(37)17(24)18(15)34/h6-7,11,16-17,20,32-33H,4-5,8-9,29-30H2,1-3H3,(H2,28,38)/t11?,16?,17?,20-,24-,25+,26-/m1/s1. The highest BCUT2D eigenvalue weighted by Crippen LogP contribution is 2.56. The molecule has 2 saturated carbocycles. The number of aliphatic hydroxyl groups is 1. The molecule has 0 spiro atoms. The van der Waals surface area contributed by atoms with Gasteiger partial charge in [-0.05, 0) is 63.9 Å². The van der Waals surface area contributed by atoms with Gasteiger partial charge in [-0.15, -0.1) is 0 Å². The van der Waals surface area contributed by atoms with Crippen molar-refractivity contribution in [3.05, 3.63) is 28.8 Å². The van der Waals surface area contributed by atoms with E-state index in [0.717, 1.165) is 0 Å². The average molecular weight is 526 g/mol. The maximum Gasteiger partial charge on any atom is 0.235 e. The zero-order valence-electron chi connectivity index (χ0n) is 21.4. The Labute approximate surface area is 218 Å². The summed E-state index contributed by atoms with van der Waals surface area (Å²) in [5.41, 5.74) is 13.1. The maximum atomic E-state index is 14.2. The molecule has 0 aliphatic heterocycles. The number of rotatable bonds is 5. The van der Waals surface area contributed by atoms with Gasteiger partial charge >= 0.3 is 0 Å². The normalized spacial score (nSPS) is 35.3. The predicted octanol–water partition coefficient (Wildman–Crippen LogP) is -1.88. The molecule has 1 amide bonds. The summed E-state index contributed by atoms with van der Waals surface area (Å²) in [6, 6.07) is 3.12. The monoisotopic (exact) mass is 525 g/mol. The van der Waals surface area contributed by atoms with Crippen LogP contribution >= 0.6 is 0 Å². The predicted molar refractivity (Wildman–Crippen MR) is 131 cm³/mol. The first-order valence-electron chi connectivity index (χ1n) is 12.2. The first kappa shape index (κ1) is 27.5. The molecule has 0 aromatic heterocycles. The Kier molecular flexibility index (Phi) is 6.36. The van der Waals surface area contributed by atoms with E-state index in [9.17, 15) is 39.4 Å². The van der Waals surface area contributed by atoms with Crippen molar-refractivity contribution >= 4 is 29.0 Å². The Morgan fingerprint density at radius 3 is 2.37 bits per heavy atom. The summed E-state index contributed by atoms with van der Waals surface area (Å²) in [4.78, 5) is 68.7. The number of fused-ring (bicyclic) bond motifs is 3. The number of benzene rings is 1. The van der Waals surface area contributed by atoms with Crippen molar-refractivity contribution in [1.82, 2.24) is 4.90 Å². The number of ketones is 4. The van der Waals surface area contributed by atoms with Crippen molar-refractivity contribution < 1.29 is 34.2 Å². The van der Waals surface area contributed by atoms with Gasteiger partial charge in [0.1, 0.15) is 11.7 Å². The van der Waals surface area contributed by atoms with Gasteiger partial charge < -0.3 is 27.4 Å². The molecule has 12 nitrogen and oxygen atoms in total. The van der Waals surface area contributed by atoms with E-state index >= 15 is 0 Å². The van der Waals surface area contributed by atoms with Crippen molar-refractivity contribution in [2.24, 2.45) is 34.5 Å². The Balaban J connectivity index is 1.98. The van der Waals surface area contributed by atoms with Crippen LogP contribution in [0.1, 0.15) is 41.3 Å². The maximum absolute atomic E-state index is 14.2. The van der Waals surface area contributed by atoms with Crippen LogP contribution in [0, 0.1) is 28.6 Å². The number of phenolic OH excluding ortho intramolecular Hbond substituents is 1. The van der Waals surface area contributed by atoms with Crippen molar-refractivity contribution in [2.45, 2.75) is 55.8 Å². The van der Waals surface area contributed by atoms with Gasteiger partial charge in [0.25, 0.3) is 0 Å². The lowest BCUT2D eigenvalue weighted by molar-refractivity contribution is -0.166. The quantitative estimate of drug-likeness (QED) is 0.267. The lowest BCUT2D eigenvalue weighted by Crippen LogP contribution is -2.85. The third-order valence-corrected chi connectivity index (χ3v) is 8.40. The second-order valence-corrected chi connectivity index (χ2v) is 11.1. The fraction of sp³-hybridized carbons (Fsp3) is 0.538. The number of carbonyl (C=O) groups is 5. The van der Waals surface area contributed by atoms with Gasteiger partial charge in [0.05, 0.1) is 29.3 Å². The van der Waals surface area contributed by atoms with E-state index in [1.807, 2.05) is 0 Å². The highest BCUT2D eigenvalue weighted by atomic mass is 16.3. The molecule has 4 rings (SSSR count). The molecule has 3 aliphatic carbocycles. The van der Waals surface area contributed by atoms with Crippen molar-refractivity contribution in [3.63, 3.8) is 0 Å². The molecular formula is C26H31N5O7. The van der Waals surface area contributed by atoms with E-state index < -0.39 is 81.7 Å². The number of nitrogens with zero attached hydrogens (tertiary/aromatic N) is 2. The average Bonchev–Trinajstić information content (AvgIpc) is 2.77. The lowest BCUT2D eigenvalue weighted by Gasteiger charge is -2.60. The van der Waals surface area contributed by atoms with Gasteiger partial charge in [0.15, 0.2) is 34.5 Å². The van der Waals surface area contributed by atoms with Crippen molar-refractivity contribution in [1.29, 1.82) is 5.26 Å². The Hall–Kier alpha value is -3.50. The SMILES string of the molecule is CC(O)CCc1ccc(O)c2c1C[C@@]1(N)C[C@@]3(N)[C@H](N(C)C)C(=O)C(C(N)=O)C(=O)[C@@]3(C#N)C(=O)C1C2=O. The fourth-order valence-electron chi connectivity index (χ4n) is 6.87. The van der Waals surface area contributed by atoms with Crippen LogP contribution in [0.4, 0.5) is 0 Å². The zero-order chi connectivity index (χ0) is 28.5. The topological polar surface area (TPSA) is 231 Å². The van der Waals surface area contributed by atoms with E-state index in [0.29, 0.717) is 24.0 Å². The molecule has 7 atom stereocenters. The summed E-state index contributed by atoms with van der Waals surface area (Å²) in [7, 11) is 2.89. The van der Waals surface area contributed by atoms with E-state index in [4.69, 9.17) is 17.2 Å².